The minimum Gasteiger partial charge on any atom is -0.481 e. The van der Waals surface area contributed by atoms with E-state index in [0.29, 0.717) is 11.7 Å². The second-order valence-corrected chi connectivity index (χ2v) is 6.79. The van der Waals surface area contributed by atoms with E-state index in [2.05, 4.69) is 17.1 Å². The Labute approximate surface area is 165 Å². The zero-order chi connectivity index (χ0) is 20.1. The Morgan fingerprint density at radius 3 is 2.61 bits per heavy atom. The van der Waals surface area contributed by atoms with Gasteiger partial charge in [0.2, 0.25) is 11.7 Å². The van der Waals surface area contributed by atoms with E-state index in [4.69, 9.17) is 9.26 Å². The Bertz CT molecular complexity index is 934. The van der Waals surface area contributed by atoms with Crippen molar-refractivity contribution < 1.29 is 14.1 Å². The molecule has 0 fully saturated rings. The van der Waals surface area contributed by atoms with Crippen molar-refractivity contribution in [1.82, 2.24) is 15.0 Å². The van der Waals surface area contributed by atoms with Crippen LogP contribution in [0.15, 0.2) is 53.1 Å². The van der Waals surface area contributed by atoms with Crippen LogP contribution in [0.2, 0.25) is 0 Å². The smallest absolute Gasteiger partial charge is 0.263 e. The SMILES string of the molecule is CCc1ccccc1O[C@@H](C)C(=O)N(C)Cc1nc(-c2ccc(C)cc2)no1. The van der Waals surface area contributed by atoms with E-state index in [0.717, 1.165) is 28.9 Å². The Morgan fingerprint density at radius 2 is 1.89 bits per heavy atom. The maximum absolute atomic E-state index is 12.7. The maximum Gasteiger partial charge on any atom is 0.263 e. The largest absolute Gasteiger partial charge is 0.481 e. The third-order valence-corrected chi connectivity index (χ3v) is 4.53. The van der Waals surface area contributed by atoms with Gasteiger partial charge in [-0.3, -0.25) is 4.79 Å². The minimum absolute atomic E-state index is 0.152. The van der Waals surface area contributed by atoms with Crippen molar-refractivity contribution >= 4 is 5.91 Å². The number of rotatable bonds is 7. The third kappa shape index (κ3) is 4.57. The average Bonchev–Trinajstić information content (AvgIpc) is 3.16. The molecule has 1 heterocycles. The number of carbonyl (C=O) groups is 1. The third-order valence-electron chi connectivity index (χ3n) is 4.53. The first kappa shape index (κ1) is 19.6. The molecule has 0 aliphatic heterocycles. The van der Waals surface area contributed by atoms with Gasteiger partial charge in [0.1, 0.15) is 5.75 Å². The van der Waals surface area contributed by atoms with Crippen molar-refractivity contribution in [2.75, 3.05) is 7.05 Å². The molecule has 0 N–H and O–H groups in total. The molecule has 3 aromatic rings. The number of carbonyl (C=O) groups excluding carboxylic acids is 1. The van der Waals surface area contributed by atoms with Crippen molar-refractivity contribution in [2.45, 2.75) is 39.8 Å². The van der Waals surface area contributed by atoms with Crippen LogP contribution in [0.25, 0.3) is 11.4 Å². The Morgan fingerprint density at radius 1 is 1.18 bits per heavy atom. The van der Waals surface area contributed by atoms with Gasteiger partial charge < -0.3 is 14.2 Å². The number of hydrogen-bond acceptors (Lipinski definition) is 5. The minimum atomic E-state index is -0.614. The lowest BCUT2D eigenvalue weighted by Gasteiger charge is -2.21. The molecule has 1 aromatic heterocycles. The molecule has 1 atom stereocenters. The Kier molecular flexibility index (Phi) is 6.09. The highest BCUT2D eigenvalue weighted by Crippen LogP contribution is 2.21. The van der Waals surface area contributed by atoms with Gasteiger partial charge in [-0.2, -0.15) is 4.98 Å². The Balaban J connectivity index is 1.63. The summed E-state index contributed by atoms with van der Waals surface area (Å²) in [6.07, 6.45) is 0.230. The lowest BCUT2D eigenvalue weighted by Crippen LogP contribution is -2.37. The van der Waals surface area contributed by atoms with E-state index in [1.54, 1.807) is 14.0 Å². The van der Waals surface area contributed by atoms with Gasteiger partial charge in [0.05, 0.1) is 6.54 Å². The van der Waals surface area contributed by atoms with Crippen molar-refractivity contribution in [3.05, 3.63) is 65.5 Å². The van der Waals surface area contributed by atoms with E-state index in [1.165, 1.54) is 4.90 Å². The zero-order valence-electron chi connectivity index (χ0n) is 16.7. The molecule has 0 bridgehead atoms. The van der Waals surface area contributed by atoms with E-state index in [1.807, 2.05) is 55.5 Å². The molecule has 1 amide bonds. The quantitative estimate of drug-likeness (QED) is 0.620. The number of likely N-dealkylation sites (N-methyl/N-ethyl adjacent to an activating group) is 1. The second kappa shape index (κ2) is 8.69. The molecular weight excluding hydrogens is 354 g/mol. The van der Waals surface area contributed by atoms with Crippen LogP contribution < -0.4 is 4.74 Å². The standard InChI is InChI=1S/C22H25N3O3/c1-5-17-8-6-7-9-19(17)27-16(3)22(26)25(4)14-20-23-21(24-28-20)18-12-10-15(2)11-13-18/h6-13,16H,5,14H2,1-4H3/t16-/m0/s1. The summed E-state index contributed by atoms with van der Waals surface area (Å²) >= 11 is 0. The summed E-state index contributed by atoms with van der Waals surface area (Å²) in [5.41, 5.74) is 3.11. The van der Waals surface area contributed by atoms with Gasteiger partial charge in [-0.25, -0.2) is 0 Å². The predicted octanol–water partition coefficient (Wildman–Crippen LogP) is 4.03. The summed E-state index contributed by atoms with van der Waals surface area (Å²) < 4.78 is 11.2. The van der Waals surface area contributed by atoms with Crippen LogP contribution in [-0.2, 0) is 17.8 Å². The van der Waals surface area contributed by atoms with E-state index in [-0.39, 0.29) is 12.5 Å². The molecular formula is C22H25N3O3. The molecule has 6 nitrogen and oxygen atoms in total. The molecule has 28 heavy (non-hydrogen) atoms. The topological polar surface area (TPSA) is 68.5 Å². The van der Waals surface area contributed by atoms with Gasteiger partial charge in [0.25, 0.3) is 5.91 Å². The molecule has 6 heteroatoms. The summed E-state index contributed by atoms with van der Waals surface area (Å²) in [6.45, 7) is 6.05. The van der Waals surface area contributed by atoms with Gasteiger partial charge in [0, 0.05) is 12.6 Å². The fraction of sp³-hybridized carbons (Fsp3) is 0.318. The van der Waals surface area contributed by atoms with Gasteiger partial charge in [-0.05, 0) is 31.9 Å². The average molecular weight is 379 g/mol. The van der Waals surface area contributed by atoms with Crippen LogP contribution in [0.1, 0.15) is 30.9 Å². The molecule has 0 aliphatic carbocycles. The number of hydrogen-bond donors (Lipinski definition) is 0. The van der Waals surface area contributed by atoms with Crippen molar-refractivity contribution in [1.29, 1.82) is 0 Å². The maximum atomic E-state index is 12.7. The number of nitrogens with zero attached hydrogens (tertiary/aromatic N) is 3. The highest BCUT2D eigenvalue weighted by Gasteiger charge is 2.22. The number of benzene rings is 2. The first-order chi connectivity index (χ1) is 13.5. The van der Waals surface area contributed by atoms with Gasteiger partial charge in [-0.1, -0.05) is 60.1 Å². The van der Waals surface area contributed by atoms with Crippen molar-refractivity contribution in [2.24, 2.45) is 0 Å². The number of aromatic nitrogens is 2. The normalized spacial score (nSPS) is 11.9. The van der Waals surface area contributed by atoms with Crippen molar-refractivity contribution in [3.63, 3.8) is 0 Å². The number of aryl methyl sites for hydroxylation is 2. The lowest BCUT2D eigenvalue weighted by atomic mass is 10.1. The van der Waals surface area contributed by atoms with Crippen LogP contribution in [0, 0.1) is 6.92 Å². The molecule has 0 unspecified atom stereocenters. The number of ether oxygens (including phenoxy) is 1. The summed E-state index contributed by atoms with van der Waals surface area (Å²) in [7, 11) is 1.70. The molecule has 2 aromatic carbocycles. The van der Waals surface area contributed by atoms with Gasteiger partial charge >= 0.3 is 0 Å². The van der Waals surface area contributed by atoms with Crippen molar-refractivity contribution in [3.8, 4) is 17.1 Å². The molecule has 146 valence electrons. The summed E-state index contributed by atoms with van der Waals surface area (Å²) in [6, 6.07) is 15.6. The van der Waals surface area contributed by atoms with E-state index in [9.17, 15) is 4.79 Å². The van der Waals surface area contributed by atoms with Crippen LogP contribution in [0.5, 0.6) is 5.75 Å². The van der Waals surface area contributed by atoms with Crippen LogP contribution in [0.4, 0.5) is 0 Å². The first-order valence-corrected chi connectivity index (χ1v) is 9.37. The summed E-state index contributed by atoms with van der Waals surface area (Å²) in [4.78, 5) is 18.6. The fourth-order valence-corrected chi connectivity index (χ4v) is 2.88. The summed E-state index contributed by atoms with van der Waals surface area (Å²) in [5.74, 6) is 1.48. The second-order valence-electron chi connectivity index (χ2n) is 6.79. The zero-order valence-corrected chi connectivity index (χ0v) is 16.7. The molecule has 0 radical (unpaired) electrons. The number of amides is 1. The summed E-state index contributed by atoms with van der Waals surface area (Å²) in [5, 5.41) is 4.01. The monoisotopic (exact) mass is 379 g/mol. The van der Waals surface area contributed by atoms with Crippen LogP contribution in [-0.4, -0.2) is 34.1 Å². The number of para-hydroxylation sites is 1. The van der Waals surface area contributed by atoms with Crippen LogP contribution >= 0.6 is 0 Å². The Hall–Kier alpha value is -3.15. The highest BCUT2D eigenvalue weighted by molar-refractivity contribution is 5.80. The molecule has 0 spiro atoms. The lowest BCUT2D eigenvalue weighted by molar-refractivity contribution is -0.137. The van der Waals surface area contributed by atoms with E-state index >= 15 is 0 Å². The van der Waals surface area contributed by atoms with Crippen LogP contribution in [0.3, 0.4) is 0 Å². The molecule has 0 saturated heterocycles. The molecule has 3 rings (SSSR count). The molecule has 0 saturated carbocycles. The van der Waals surface area contributed by atoms with Gasteiger partial charge in [0.15, 0.2) is 6.10 Å². The predicted molar refractivity (Wildman–Crippen MR) is 107 cm³/mol. The molecule has 0 aliphatic rings. The van der Waals surface area contributed by atoms with E-state index < -0.39 is 6.10 Å². The highest BCUT2D eigenvalue weighted by atomic mass is 16.5. The first-order valence-electron chi connectivity index (χ1n) is 9.37. The fourth-order valence-electron chi connectivity index (χ4n) is 2.88. The van der Waals surface area contributed by atoms with Gasteiger partial charge in [-0.15, -0.1) is 0 Å².